The Morgan fingerprint density at radius 2 is 1.85 bits per heavy atom. The topological polar surface area (TPSA) is 44.0 Å². The zero-order valence-corrected chi connectivity index (χ0v) is 11.6. The Hall–Kier alpha value is -2.15. The fourth-order valence-electron chi connectivity index (χ4n) is 2.30. The number of hydrogen-bond donors (Lipinski definition) is 1. The van der Waals surface area contributed by atoms with Gasteiger partial charge in [0, 0.05) is 11.1 Å². The highest BCUT2D eigenvalue weighted by Crippen LogP contribution is 2.29. The molecule has 1 heterocycles. The van der Waals surface area contributed by atoms with Gasteiger partial charge in [-0.05, 0) is 40.1 Å². The highest BCUT2D eigenvalue weighted by Gasteiger charge is 2.11. The number of benzene rings is 2. The van der Waals surface area contributed by atoms with E-state index >= 15 is 0 Å². The van der Waals surface area contributed by atoms with Gasteiger partial charge in [-0.15, -0.1) is 11.3 Å². The predicted octanol–water partition coefficient (Wildman–Crippen LogP) is 4.05. The van der Waals surface area contributed by atoms with Crippen molar-refractivity contribution in [3.63, 3.8) is 0 Å². The van der Waals surface area contributed by atoms with E-state index in [-0.39, 0.29) is 0 Å². The molecule has 3 aromatic rings. The largest absolute Gasteiger partial charge is 0.388 e. The second kappa shape index (κ2) is 5.46. The summed E-state index contributed by atoms with van der Waals surface area (Å²) in [5, 5.41) is 22.4. The van der Waals surface area contributed by atoms with Crippen LogP contribution in [-0.2, 0) is 6.42 Å². The van der Waals surface area contributed by atoms with Crippen LogP contribution >= 0.6 is 11.3 Å². The van der Waals surface area contributed by atoms with Crippen molar-refractivity contribution in [3.05, 3.63) is 70.6 Å². The van der Waals surface area contributed by atoms with Crippen LogP contribution in [0.1, 0.15) is 22.8 Å². The molecule has 0 amide bonds. The molecule has 3 rings (SSSR count). The van der Waals surface area contributed by atoms with Crippen molar-refractivity contribution in [1.82, 2.24) is 0 Å². The first-order valence-electron chi connectivity index (χ1n) is 6.41. The van der Waals surface area contributed by atoms with Gasteiger partial charge < -0.3 is 5.11 Å². The van der Waals surface area contributed by atoms with Gasteiger partial charge >= 0.3 is 0 Å². The van der Waals surface area contributed by atoms with E-state index in [1.807, 2.05) is 24.3 Å². The van der Waals surface area contributed by atoms with E-state index in [1.165, 1.54) is 15.6 Å². The number of aliphatic hydroxyl groups is 1. The van der Waals surface area contributed by atoms with Crippen LogP contribution in [0.15, 0.2) is 53.9 Å². The zero-order chi connectivity index (χ0) is 13.9. The van der Waals surface area contributed by atoms with Gasteiger partial charge in [-0.2, -0.15) is 5.26 Å². The van der Waals surface area contributed by atoms with E-state index in [0.717, 1.165) is 5.56 Å². The zero-order valence-electron chi connectivity index (χ0n) is 10.8. The molecule has 0 radical (unpaired) electrons. The molecular formula is C17H13NOS. The number of rotatable bonds is 3. The van der Waals surface area contributed by atoms with E-state index in [9.17, 15) is 5.11 Å². The van der Waals surface area contributed by atoms with Crippen LogP contribution in [0.2, 0.25) is 0 Å². The van der Waals surface area contributed by atoms with Crippen molar-refractivity contribution < 1.29 is 5.11 Å². The van der Waals surface area contributed by atoms with Crippen LogP contribution in [0.5, 0.6) is 0 Å². The molecule has 1 aromatic heterocycles. The maximum absolute atomic E-state index is 10.3. The molecule has 2 nitrogen and oxygen atoms in total. The van der Waals surface area contributed by atoms with Crippen molar-refractivity contribution in [2.45, 2.75) is 12.5 Å². The Labute approximate surface area is 121 Å². The molecule has 0 spiro atoms. The summed E-state index contributed by atoms with van der Waals surface area (Å²) in [5.41, 5.74) is 2.63. The fourth-order valence-corrected chi connectivity index (χ4v) is 3.27. The predicted molar refractivity (Wildman–Crippen MR) is 81.6 cm³/mol. The maximum Gasteiger partial charge on any atom is 0.0991 e. The van der Waals surface area contributed by atoms with Gasteiger partial charge in [0.1, 0.15) is 0 Å². The van der Waals surface area contributed by atoms with Crippen molar-refractivity contribution >= 4 is 21.4 Å². The molecule has 0 aliphatic carbocycles. The number of aliphatic hydroxyl groups excluding tert-OH is 1. The quantitative estimate of drug-likeness (QED) is 0.786. The molecular weight excluding hydrogens is 266 g/mol. The SMILES string of the molecule is N#Cc1ccc(C(O)Cc2csc3ccccc23)cc1. The summed E-state index contributed by atoms with van der Waals surface area (Å²) in [7, 11) is 0. The van der Waals surface area contributed by atoms with Crippen molar-refractivity contribution in [2.24, 2.45) is 0 Å². The number of nitriles is 1. The average molecular weight is 279 g/mol. The summed E-state index contributed by atoms with van der Waals surface area (Å²) in [4.78, 5) is 0. The summed E-state index contributed by atoms with van der Waals surface area (Å²) in [6.07, 6.45) is 0.0522. The molecule has 0 saturated heterocycles. The van der Waals surface area contributed by atoms with Gasteiger partial charge in [-0.1, -0.05) is 30.3 Å². The lowest BCUT2D eigenvalue weighted by molar-refractivity contribution is 0.179. The molecule has 3 heteroatoms. The highest BCUT2D eigenvalue weighted by atomic mass is 32.1. The Morgan fingerprint density at radius 3 is 2.60 bits per heavy atom. The van der Waals surface area contributed by atoms with Crippen LogP contribution in [0, 0.1) is 11.3 Å². The summed E-state index contributed by atoms with van der Waals surface area (Å²) in [5.74, 6) is 0. The summed E-state index contributed by atoms with van der Waals surface area (Å²) in [6.45, 7) is 0. The average Bonchev–Trinajstić information content (AvgIpc) is 2.91. The third kappa shape index (κ3) is 2.44. The molecule has 0 aliphatic rings. The first kappa shape index (κ1) is 12.9. The molecule has 2 aromatic carbocycles. The Balaban J connectivity index is 1.84. The van der Waals surface area contributed by atoms with Gasteiger partial charge in [-0.25, -0.2) is 0 Å². The molecule has 1 atom stereocenters. The van der Waals surface area contributed by atoms with Crippen LogP contribution < -0.4 is 0 Å². The fraction of sp³-hybridized carbons (Fsp3) is 0.118. The number of hydrogen-bond acceptors (Lipinski definition) is 3. The molecule has 0 aliphatic heterocycles. The first-order chi connectivity index (χ1) is 9.78. The normalized spacial score (nSPS) is 12.2. The van der Waals surface area contributed by atoms with Gasteiger partial charge in [0.15, 0.2) is 0 Å². The Kier molecular flexibility index (Phi) is 3.51. The van der Waals surface area contributed by atoms with Crippen LogP contribution in [-0.4, -0.2) is 5.11 Å². The molecule has 0 saturated carbocycles. The number of nitrogens with zero attached hydrogens (tertiary/aromatic N) is 1. The van der Waals surface area contributed by atoms with Crippen LogP contribution in [0.25, 0.3) is 10.1 Å². The smallest absolute Gasteiger partial charge is 0.0991 e. The minimum absolute atomic E-state index is 0.541. The summed E-state index contributed by atoms with van der Waals surface area (Å²) < 4.78 is 1.24. The lowest BCUT2D eigenvalue weighted by atomic mass is 10.0. The summed E-state index contributed by atoms with van der Waals surface area (Å²) >= 11 is 1.70. The Bertz CT molecular complexity index is 768. The van der Waals surface area contributed by atoms with Gasteiger partial charge in [0.25, 0.3) is 0 Å². The van der Waals surface area contributed by atoms with Crippen molar-refractivity contribution in [1.29, 1.82) is 5.26 Å². The molecule has 0 bridgehead atoms. The standard InChI is InChI=1S/C17H13NOS/c18-10-12-5-7-13(8-6-12)16(19)9-14-11-20-17-4-2-1-3-15(14)17/h1-8,11,16,19H,9H2. The first-order valence-corrected chi connectivity index (χ1v) is 7.29. The minimum Gasteiger partial charge on any atom is -0.388 e. The molecule has 20 heavy (non-hydrogen) atoms. The van der Waals surface area contributed by atoms with Gasteiger partial charge in [-0.3, -0.25) is 0 Å². The molecule has 1 N–H and O–H groups in total. The van der Waals surface area contributed by atoms with E-state index in [4.69, 9.17) is 5.26 Å². The van der Waals surface area contributed by atoms with Gasteiger partial charge in [0.05, 0.1) is 17.7 Å². The van der Waals surface area contributed by atoms with Crippen molar-refractivity contribution in [3.8, 4) is 6.07 Å². The second-order valence-corrected chi connectivity index (χ2v) is 5.62. The second-order valence-electron chi connectivity index (χ2n) is 4.71. The van der Waals surface area contributed by atoms with E-state index < -0.39 is 6.10 Å². The van der Waals surface area contributed by atoms with Crippen LogP contribution in [0.4, 0.5) is 0 Å². The highest BCUT2D eigenvalue weighted by molar-refractivity contribution is 7.17. The molecule has 1 unspecified atom stereocenters. The lowest BCUT2D eigenvalue weighted by Crippen LogP contribution is -2.01. The monoisotopic (exact) mass is 279 g/mol. The van der Waals surface area contributed by atoms with E-state index in [1.54, 1.807) is 23.5 Å². The third-order valence-electron chi connectivity index (χ3n) is 3.40. The minimum atomic E-state index is -0.541. The Morgan fingerprint density at radius 1 is 1.10 bits per heavy atom. The molecule has 0 fully saturated rings. The summed E-state index contributed by atoms with van der Waals surface area (Å²) in [6, 6.07) is 17.4. The lowest BCUT2D eigenvalue weighted by Gasteiger charge is -2.10. The maximum atomic E-state index is 10.3. The molecule has 98 valence electrons. The third-order valence-corrected chi connectivity index (χ3v) is 4.41. The van der Waals surface area contributed by atoms with Crippen LogP contribution in [0.3, 0.4) is 0 Å². The number of thiophene rings is 1. The van der Waals surface area contributed by atoms with Crippen molar-refractivity contribution in [2.75, 3.05) is 0 Å². The van der Waals surface area contributed by atoms with E-state index in [2.05, 4.69) is 23.6 Å². The van der Waals surface area contributed by atoms with Gasteiger partial charge in [0.2, 0.25) is 0 Å². The van der Waals surface area contributed by atoms with E-state index in [0.29, 0.717) is 12.0 Å². The number of fused-ring (bicyclic) bond motifs is 1.